The third-order valence-corrected chi connectivity index (χ3v) is 3.20. The lowest BCUT2D eigenvalue weighted by Gasteiger charge is -2.23. The number of hydrogen-bond acceptors (Lipinski definition) is 10. The molecule has 0 spiro atoms. The van der Waals surface area contributed by atoms with Crippen molar-refractivity contribution >= 4 is 24.2 Å². The van der Waals surface area contributed by atoms with E-state index in [4.69, 9.17) is 9.52 Å². The van der Waals surface area contributed by atoms with Crippen molar-refractivity contribution in [1.82, 2.24) is 10.7 Å². The summed E-state index contributed by atoms with van der Waals surface area (Å²) in [6.45, 7) is -0.784. The Morgan fingerprint density at radius 2 is 2.08 bits per heavy atom. The molecule has 1 aliphatic heterocycles. The van der Waals surface area contributed by atoms with Crippen molar-refractivity contribution < 1.29 is 34.7 Å². The highest BCUT2D eigenvalue weighted by Crippen LogP contribution is 2.11. The number of guanidine groups is 1. The molecule has 0 aromatic carbocycles. The van der Waals surface area contributed by atoms with Gasteiger partial charge in [-0.05, 0) is 12.1 Å². The van der Waals surface area contributed by atoms with Crippen molar-refractivity contribution in [2.75, 3.05) is 6.61 Å². The molecule has 0 aliphatic carbocycles. The van der Waals surface area contributed by atoms with E-state index in [-0.39, 0.29) is 11.7 Å². The minimum Gasteiger partial charge on any atom is -0.465 e. The second-order valence-electron chi connectivity index (χ2n) is 5.07. The first-order valence-corrected chi connectivity index (χ1v) is 7.20. The zero-order chi connectivity index (χ0) is 18.4. The highest BCUT2D eigenvalue weighted by molar-refractivity contribution is 6.13. The summed E-state index contributed by atoms with van der Waals surface area (Å²) in [6.07, 6.45) is -3.10. The Labute approximate surface area is 141 Å². The van der Waals surface area contributed by atoms with Gasteiger partial charge in [-0.15, -0.1) is 0 Å². The van der Waals surface area contributed by atoms with E-state index in [9.17, 15) is 25.2 Å². The first-order chi connectivity index (χ1) is 11.9. The lowest BCUT2D eigenvalue weighted by Crippen LogP contribution is -2.46. The molecule has 4 atom stereocenters. The van der Waals surface area contributed by atoms with Gasteiger partial charge in [-0.1, -0.05) is 0 Å². The molecule has 136 valence electrons. The average Bonchev–Trinajstić information content (AvgIpc) is 3.23. The third kappa shape index (κ3) is 4.95. The molecule has 1 amide bonds. The monoisotopic (exact) mass is 354 g/mol. The van der Waals surface area contributed by atoms with Crippen LogP contribution in [0.2, 0.25) is 0 Å². The number of hydrazone groups is 1. The molecule has 7 N–H and O–H groups in total. The standard InChI is InChI=1S/C14H18N4O7/c19-6-10(21)12(23)11(22)9(20)5-15-18-14-16-8(13(24)17-14)4-7-2-1-3-25-7/h1-5,9-12,19-23H,6H2,(H2,16,17,18,24)/b8-4-,15-5+. The number of rotatable bonds is 7. The molecule has 1 aromatic heterocycles. The number of amides is 1. The second kappa shape index (κ2) is 8.50. The first-order valence-electron chi connectivity index (χ1n) is 7.20. The zero-order valence-electron chi connectivity index (χ0n) is 12.9. The number of nitrogens with one attached hydrogen (secondary N) is 2. The molecule has 0 saturated carbocycles. The molecule has 2 heterocycles. The van der Waals surface area contributed by atoms with Crippen LogP contribution in [-0.4, -0.2) is 74.6 Å². The molecule has 11 heteroatoms. The van der Waals surface area contributed by atoms with Crippen LogP contribution in [0.15, 0.2) is 38.6 Å². The fraction of sp³-hybridized carbons (Fsp3) is 0.357. The van der Waals surface area contributed by atoms with Crippen LogP contribution in [0.4, 0.5) is 0 Å². The lowest BCUT2D eigenvalue weighted by atomic mass is 10.0. The molecule has 0 saturated heterocycles. The van der Waals surface area contributed by atoms with Gasteiger partial charge in [0.1, 0.15) is 35.9 Å². The summed E-state index contributed by atoms with van der Waals surface area (Å²) in [5.41, 5.74) is 2.42. The van der Waals surface area contributed by atoms with Gasteiger partial charge in [0, 0.05) is 6.08 Å². The summed E-state index contributed by atoms with van der Waals surface area (Å²) in [4.78, 5) is 15.6. The zero-order valence-corrected chi connectivity index (χ0v) is 12.9. The normalized spacial score (nSPS) is 21.1. The molecule has 1 aliphatic rings. The van der Waals surface area contributed by atoms with Crippen molar-refractivity contribution in [3.8, 4) is 0 Å². The van der Waals surface area contributed by atoms with E-state index in [1.165, 1.54) is 12.3 Å². The van der Waals surface area contributed by atoms with Gasteiger partial charge in [0.25, 0.3) is 5.91 Å². The minimum absolute atomic E-state index is 0.0170. The number of carbonyl (C=O) groups excluding carboxylic acids is 1. The molecular weight excluding hydrogens is 336 g/mol. The van der Waals surface area contributed by atoms with Crippen LogP contribution in [0.25, 0.3) is 6.08 Å². The van der Waals surface area contributed by atoms with Crippen LogP contribution in [-0.2, 0) is 4.79 Å². The van der Waals surface area contributed by atoms with Gasteiger partial charge in [0.15, 0.2) is 0 Å². The SMILES string of the molecule is O=C1NC(N/N=C/C(O)C(O)C(O)C(O)CO)=N/C1=C\c1ccco1. The van der Waals surface area contributed by atoms with Gasteiger partial charge in [-0.3, -0.25) is 10.1 Å². The second-order valence-corrected chi connectivity index (χ2v) is 5.07. The molecular formula is C14H18N4O7. The fourth-order valence-corrected chi connectivity index (χ4v) is 1.83. The van der Waals surface area contributed by atoms with Gasteiger partial charge in [-0.2, -0.15) is 5.10 Å². The summed E-state index contributed by atoms with van der Waals surface area (Å²) in [6, 6.07) is 3.30. The quantitative estimate of drug-likeness (QED) is 0.155. The lowest BCUT2D eigenvalue weighted by molar-refractivity contribution is -0.115. The van der Waals surface area contributed by atoms with Crippen LogP contribution in [0.5, 0.6) is 0 Å². The van der Waals surface area contributed by atoms with E-state index in [1.807, 2.05) is 0 Å². The average molecular weight is 354 g/mol. The maximum atomic E-state index is 11.7. The van der Waals surface area contributed by atoms with Crippen molar-refractivity contribution in [3.63, 3.8) is 0 Å². The number of aliphatic hydroxyl groups is 5. The van der Waals surface area contributed by atoms with Crippen molar-refractivity contribution in [2.45, 2.75) is 24.4 Å². The number of hydrogen-bond donors (Lipinski definition) is 7. The molecule has 1 aromatic rings. The Morgan fingerprint density at radius 1 is 1.32 bits per heavy atom. The van der Waals surface area contributed by atoms with E-state index in [2.05, 4.69) is 20.8 Å². The number of aliphatic hydroxyl groups excluding tert-OH is 5. The highest BCUT2D eigenvalue weighted by atomic mass is 16.4. The summed E-state index contributed by atoms with van der Waals surface area (Å²) >= 11 is 0. The topological polar surface area (TPSA) is 180 Å². The van der Waals surface area contributed by atoms with Crippen LogP contribution in [0, 0.1) is 0 Å². The largest absolute Gasteiger partial charge is 0.465 e. The van der Waals surface area contributed by atoms with Crippen LogP contribution in [0.3, 0.4) is 0 Å². The number of carbonyl (C=O) groups is 1. The van der Waals surface area contributed by atoms with Crippen molar-refractivity contribution in [1.29, 1.82) is 0 Å². The number of aliphatic imine (C=N–C) groups is 1. The third-order valence-electron chi connectivity index (χ3n) is 3.20. The van der Waals surface area contributed by atoms with E-state index >= 15 is 0 Å². The van der Waals surface area contributed by atoms with E-state index in [0.29, 0.717) is 5.76 Å². The van der Waals surface area contributed by atoms with Gasteiger partial charge in [0.2, 0.25) is 5.96 Å². The predicted molar refractivity (Wildman–Crippen MR) is 85.0 cm³/mol. The van der Waals surface area contributed by atoms with Gasteiger partial charge in [0.05, 0.1) is 19.1 Å². The smallest absolute Gasteiger partial charge is 0.276 e. The Kier molecular flexibility index (Phi) is 6.38. The molecule has 4 unspecified atom stereocenters. The van der Waals surface area contributed by atoms with E-state index < -0.39 is 36.9 Å². The first kappa shape index (κ1) is 18.8. The molecule has 0 bridgehead atoms. The van der Waals surface area contributed by atoms with Gasteiger partial charge >= 0.3 is 0 Å². The Morgan fingerprint density at radius 3 is 2.72 bits per heavy atom. The predicted octanol–water partition coefficient (Wildman–Crippen LogP) is -2.88. The summed E-state index contributed by atoms with van der Waals surface area (Å²) in [5.74, 6) is -0.0681. The summed E-state index contributed by atoms with van der Waals surface area (Å²) in [7, 11) is 0. The molecule has 0 fully saturated rings. The van der Waals surface area contributed by atoms with Crippen LogP contribution >= 0.6 is 0 Å². The number of nitrogens with zero attached hydrogens (tertiary/aromatic N) is 2. The Hall–Kier alpha value is -2.57. The summed E-state index contributed by atoms with van der Waals surface area (Å²) in [5, 5.41) is 52.5. The van der Waals surface area contributed by atoms with Crippen molar-refractivity contribution in [3.05, 3.63) is 29.9 Å². The van der Waals surface area contributed by atoms with Crippen LogP contribution in [0.1, 0.15) is 5.76 Å². The maximum Gasteiger partial charge on any atom is 0.276 e. The highest BCUT2D eigenvalue weighted by Gasteiger charge is 2.29. The van der Waals surface area contributed by atoms with E-state index in [1.54, 1.807) is 12.1 Å². The van der Waals surface area contributed by atoms with Gasteiger partial charge < -0.3 is 29.9 Å². The Bertz CT molecular complexity index is 671. The van der Waals surface area contributed by atoms with Gasteiger partial charge in [-0.25, -0.2) is 10.4 Å². The molecule has 11 nitrogen and oxygen atoms in total. The molecule has 0 radical (unpaired) electrons. The van der Waals surface area contributed by atoms with E-state index in [0.717, 1.165) is 6.21 Å². The minimum atomic E-state index is -1.78. The van der Waals surface area contributed by atoms with Crippen LogP contribution < -0.4 is 10.7 Å². The summed E-state index contributed by atoms with van der Waals surface area (Å²) < 4.78 is 5.07. The molecule has 25 heavy (non-hydrogen) atoms. The maximum absolute atomic E-state index is 11.7. The number of furan rings is 1. The van der Waals surface area contributed by atoms with Crippen molar-refractivity contribution in [2.24, 2.45) is 10.1 Å². The fourth-order valence-electron chi connectivity index (χ4n) is 1.83. The molecule has 2 rings (SSSR count). The Balaban J connectivity index is 1.92.